The molecule has 1 aromatic carbocycles. The van der Waals surface area contributed by atoms with Crippen LogP contribution in [0.5, 0.6) is 0 Å². The smallest absolute Gasteiger partial charge is 0.318 e. The van der Waals surface area contributed by atoms with Crippen LogP contribution < -0.4 is 10.6 Å². The molecule has 0 spiro atoms. The van der Waals surface area contributed by atoms with Gasteiger partial charge >= 0.3 is 5.97 Å². The molecule has 1 atom stereocenters. The Morgan fingerprint density at radius 1 is 1.56 bits per heavy atom. The van der Waals surface area contributed by atoms with Gasteiger partial charge in [-0.1, -0.05) is 6.07 Å². The number of fused-ring (bicyclic) bond motifs is 1. The largest absolute Gasteiger partial charge is 0.465 e. The fourth-order valence-electron chi connectivity index (χ4n) is 1.99. The van der Waals surface area contributed by atoms with Crippen LogP contribution >= 0.6 is 0 Å². The average Bonchev–Trinajstić information content (AvgIpc) is 2.37. The van der Waals surface area contributed by atoms with E-state index in [2.05, 4.69) is 10.6 Å². The molecule has 18 heavy (non-hydrogen) atoms. The summed E-state index contributed by atoms with van der Waals surface area (Å²) < 4.78 is 4.90. The molecule has 2 N–H and O–H groups in total. The summed E-state index contributed by atoms with van der Waals surface area (Å²) in [6.45, 7) is 2.01. The molecule has 5 nitrogen and oxygen atoms in total. The highest BCUT2D eigenvalue weighted by Crippen LogP contribution is 2.28. The summed E-state index contributed by atoms with van der Waals surface area (Å²) in [6, 6.07) is 5.68. The lowest BCUT2D eigenvalue weighted by Gasteiger charge is -2.23. The zero-order valence-corrected chi connectivity index (χ0v) is 10.4. The quantitative estimate of drug-likeness (QED) is 0.627. The Bertz CT molecular complexity index is 485. The van der Waals surface area contributed by atoms with Gasteiger partial charge in [0, 0.05) is 18.4 Å². The molecule has 0 radical (unpaired) electrons. The van der Waals surface area contributed by atoms with Gasteiger partial charge < -0.3 is 15.4 Å². The van der Waals surface area contributed by atoms with E-state index < -0.39 is 11.9 Å². The van der Waals surface area contributed by atoms with E-state index in [0.717, 1.165) is 16.9 Å². The second-order valence-electron chi connectivity index (χ2n) is 4.12. The van der Waals surface area contributed by atoms with Crippen molar-refractivity contribution in [2.45, 2.75) is 13.3 Å². The minimum Gasteiger partial charge on any atom is -0.465 e. The van der Waals surface area contributed by atoms with E-state index in [1.165, 1.54) is 0 Å². The summed E-state index contributed by atoms with van der Waals surface area (Å²) >= 11 is 0. The van der Waals surface area contributed by atoms with E-state index in [-0.39, 0.29) is 12.5 Å². The van der Waals surface area contributed by atoms with E-state index in [4.69, 9.17) is 4.74 Å². The Morgan fingerprint density at radius 3 is 3.00 bits per heavy atom. The number of carbonyl (C=O) groups is 2. The lowest BCUT2D eigenvalue weighted by Crippen LogP contribution is -2.36. The number of benzene rings is 1. The summed E-state index contributed by atoms with van der Waals surface area (Å²) in [6.07, 6.45) is 0.393. The molecule has 1 aromatic rings. The molecule has 96 valence electrons. The van der Waals surface area contributed by atoms with Crippen LogP contribution in [0.2, 0.25) is 0 Å². The van der Waals surface area contributed by atoms with Crippen molar-refractivity contribution in [3.8, 4) is 0 Å². The normalized spacial score (nSPS) is 17.7. The summed E-state index contributed by atoms with van der Waals surface area (Å²) in [7, 11) is 1.81. The lowest BCUT2D eigenvalue weighted by molar-refractivity contribution is -0.151. The van der Waals surface area contributed by atoms with Gasteiger partial charge in [-0.05, 0) is 31.0 Å². The van der Waals surface area contributed by atoms with Crippen LogP contribution in [0.15, 0.2) is 18.2 Å². The van der Waals surface area contributed by atoms with Gasteiger partial charge in [-0.2, -0.15) is 0 Å². The van der Waals surface area contributed by atoms with E-state index in [1.54, 1.807) is 6.92 Å². The predicted molar refractivity (Wildman–Crippen MR) is 68.4 cm³/mol. The summed E-state index contributed by atoms with van der Waals surface area (Å²) in [5.41, 5.74) is 2.63. The third-order valence-corrected chi connectivity index (χ3v) is 2.97. The van der Waals surface area contributed by atoms with Crippen molar-refractivity contribution in [1.82, 2.24) is 0 Å². The zero-order valence-electron chi connectivity index (χ0n) is 10.4. The Kier molecular flexibility index (Phi) is 3.50. The van der Waals surface area contributed by atoms with Gasteiger partial charge in [0.05, 0.1) is 6.61 Å². The van der Waals surface area contributed by atoms with Gasteiger partial charge in [0.2, 0.25) is 5.91 Å². The number of hydrogen-bond donors (Lipinski definition) is 2. The van der Waals surface area contributed by atoms with Crippen molar-refractivity contribution in [2.24, 2.45) is 5.92 Å². The fraction of sp³-hybridized carbons (Fsp3) is 0.385. The SMILES string of the molecule is CCOC(=O)C1Cc2ccc(NC)cc2NC1=O. The molecular formula is C13H16N2O3. The molecule has 1 amide bonds. The molecule has 0 saturated carbocycles. The van der Waals surface area contributed by atoms with Crippen LogP contribution in [0, 0.1) is 5.92 Å². The van der Waals surface area contributed by atoms with Crippen molar-refractivity contribution in [3.05, 3.63) is 23.8 Å². The molecule has 1 unspecified atom stereocenters. The van der Waals surface area contributed by atoms with Crippen LogP contribution in [0.1, 0.15) is 12.5 Å². The zero-order chi connectivity index (χ0) is 13.1. The average molecular weight is 248 g/mol. The van der Waals surface area contributed by atoms with Gasteiger partial charge in [0.25, 0.3) is 0 Å². The van der Waals surface area contributed by atoms with Crippen molar-refractivity contribution in [2.75, 3.05) is 24.3 Å². The number of rotatable bonds is 3. The molecule has 1 aliphatic rings. The topological polar surface area (TPSA) is 67.4 Å². The highest BCUT2D eigenvalue weighted by atomic mass is 16.5. The Morgan fingerprint density at radius 2 is 2.33 bits per heavy atom. The van der Waals surface area contributed by atoms with Crippen LogP contribution in [0.4, 0.5) is 11.4 Å². The first-order valence-corrected chi connectivity index (χ1v) is 5.94. The van der Waals surface area contributed by atoms with E-state index in [0.29, 0.717) is 6.42 Å². The fourth-order valence-corrected chi connectivity index (χ4v) is 1.99. The molecule has 5 heteroatoms. The van der Waals surface area contributed by atoms with Gasteiger partial charge in [-0.15, -0.1) is 0 Å². The van der Waals surface area contributed by atoms with Crippen LogP contribution in [0.3, 0.4) is 0 Å². The van der Waals surface area contributed by atoms with Crippen molar-refractivity contribution >= 4 is 23.3 Å². The Labute approximate surface area is 106 Å². The first kappa shape index (κ1) is 12.4. The highest BCUT2D eigenvalue weighted by molar-refractivity contribution is 6.07. The first-order chi connectivity index (χ1) is 8.65. The molecule has 0 aromatic heterocycles. The molecule has 0 aliphatic carbocycles. The molecule has 0 fully saturated rings. The maximum Gasteiger partial charge on any atom is 0.318 e. The first-order valence-electron chi connectivity index (χ1n) is 5.94. The Hall–Kier alpha value is -2.04. The van der Waals surface area contributed by atoms with Crippen molar-refractivity contribution in [1.29, 1.82) is 0 Å². The molecule has 1 heterocycles. The summed E-state index contributed by atoms with van der Waals surface area (Å²) in [4.78, 5) is 23.5. The number of amides is 1. The van der Waals surface area contributed by atoms with E-state index in [1.807, 2.05) is 25.2 Å². The number of carbonyl (C=O) groups excluding carboxylic acids is 2. The van der Waals surface area contributed by atoms with Gasteiger partial charge in [0.1, 0.15) is 5.92 Å². The standard InChI is InChI=1S/C13H16N2O3/c1-3-18-13(17)10-6-8-4-5-9(14-2)7-11(8)15-12(10)16/h4-5,7,10,14H,3,6H2,1-2H3,(H,15,16). The van der Waals surface area contributed by atoms with Crippen molar-refractivity contribution < 1.29 is 14.3 Å². The van der Waals surface area contributed by atoms with E-state index in [9.17, 15) is 9.59 Å². The third kappa shape index (κ3) is 2.30. The molecule has 0 bridgehead atoms. The maximum atomic E-state index is 11.8. The number of hydrogen-bond acceptors (Lipinski definition) is 4. The van der Waals surface area contributed by atoms with Crippen LogP contribution in [0.25, 0.3) is 0 Å². The second-order valence-corrected chi connectivity index (χ2v) is 4.12. The molecular weight excluding hydrogens is 232 g/mol. The summed E-state index contributed by atoms with van der Waals surface area (Å²) in [5, 5.41) is 5.75. The number of esters is 1. The van der Waals surface area contributed by atoms with E-state index >= 15 is 0 Å². The molecule has 2 rings (SSSR count). The minimum atomic E-state index is -0.738. The van der Waals surface area contributed by atoms with Crippen LogP contribution in [-0.4, -0.2) is 25.5 Å². The number of anilines is 2. The third-order valence-electron chi connectivity index (χ3n) is 2.97. The Balaban J connectivity index is 2.23. The van der Waals surface area contributed by atoms with Gasteiger partial charge in [-0.25, -0.2) is 0 Å². The predicted octanol–water partition coefficient (Wildman–Crippen LogP) is 1.40. The molecule has 0 saturated heterocycles. The van der Waals surface area contributed by atoms with Gasteiger partial charge in [-0.3, -0.25) is 9.59 Å². The number of nitrogens with one attached hydrogen (secondary N) is 2. The van der Waals surface area contributed by atoms with Crippen molar-refractivity contribution in [3.63, 3.8) is 0 Å². The monoisotopic (exact) mass is 248 g/mol. The van der Waals surface area contributed by atoms with Crippen LogP contribution in [-0.2, 0) is 20.7 Å². The maximum absolute atomic E-state index is 11.8. The lowest BCUT2D eigenvalue weighted by atomic mass is 9.93. The van der Waals surface area contributed by atoms with Gasteiger partial charge in [0.15, 0.2) is 0 Å². The summed E-state index contributed by atoms with van der Waals surface area (Å²) in [5.74, 6) is -1.49. The second kappa shape index (κ2) is 5.08. The minimum absolute atomic E-state index is 0.286. The molecule has 1 aliphatic heterocycles. The highest BCUT2D eigenvalue weighted by Gasteiger charge is 2.33. The number of ether oxygens (including phenoxy) is 1.